The normalized spacial score (nSPS) is 16.4. The Morgan fingerprint density at radius 1 is 1.00 bits per heavy atom. The summed E-state index contributed by atoms with van der Waals surface area (Å²) in [6, 6.07) is 8.46. The zero-order valence-electron chi connectivity index (χ0n) is 17.9. The molecule has 2 heterocycles. The van der Waals surface area contributed by atoms with Crippen LogP contribution >= 0.6 is 0 Å². The van der Waals surface area contributed by atoms with Gasteiger partial charge in [-0.15, -0.1) is 0 Å². The van der Waals surface area contributed by atoms with Gasteiger partial charge in [0.25, 0.3) is 0 Å². The number of nitrogens with zero attached hydrogens (tertiary/aromatic N) is 5. The zero-order chi connectivity index (χ0) is 19.9. The van der Waals surface area contributed by atoms with E-state index < -0.39 is 0 Å². The summed E-state index contributed by atoms with van der Waals surface area (Å²) in [7, 11) is 4.28. The molecule has 0 N–H and O–H groups in total. The molecule has 1 aliphatic rings. The third-order valence-electron chi connectivity index (χ3n) is 5.49. The molecule has 6 nitrogen and oxygen atoms in total. The summed E-state index contributed by atoms with van der Waals surface area (Å²) in [5, 5.41) is 4.17. The van der Waals surface area contributed by atoms with Crippen LogP contribution in [0.25, 0.3) is 11.4 Å². The van der Waals surface area contributed by atoms with Crippen molar-refractivity contribution in [3.05, 3.63) is 35.7 Å². The second kappa shape index (κ2) is 10.1. The van der Waals surface area contributed by atoms with E-state index in [0.29, 0.717) is 11.7 Å². The van der Waals surface area contributed by atoms with Crippen molar-refractivity contribution in [2.45, 2.75) is 32.6 Å². The van der Waals surface area contributed by atoms with Crippen molar-refractivity contribution in [3.63, 3.8) is 0 Å². The van der Waals surface area contributed by atoms with Crippen molar-refractivity contribution < 1.29 is 4.52 Å². The van der Waals surface area contributed by atoms with Crippen molar-refractivity contribution in [3.8, 4) is 11.4 Å². The second-order valence-electron chi connectivity index (χ2n) is 8.38. The van der Waals surface area contributed by atoms with E-state index >= 15 is 0 Å². The first-order valence-electron chi connectivity index (χ1n) is 10.5. The van der Waals surface area contributed by atoms with Crippen LogP contribution in [0.15, 0.2) is 28.8 Å². The first kappa shape index (κ1) is 21.0. The number of hydrogen-bond acceptors (Lipinski definition) is 6. The van der Waals surface area contributed by atoms with Gasteiger partial charge in [-0.25, -0.2) is 0 Å². The zero-order valence-corrected chi connectivity index (χ0v) is 17.9. The second-order valence-corrected chi connectivity index (χ2v) is 8.38. The molecule has 0 spiro atoms. The molecule has 1 saturated heterocycles. The van der Waals surface area contributed by atoms with Crippen LogP contribution in [0, 0.1) is 0 Å². The van der Waals surface area contributed by atoms with E-state index in [-0.39, 0.29) is 0 Å². The maximum atomic E-state index is 5.48. The summed E-state index contributed by atoms with van der Waals surface area (Å²) in [6.45, 7) is 12.3. The lowest BCUT2D eigenvalue weighted by atomic mass is 10.0. The molecule has 0 bridgehead atoms. The topological polar surface area (TPSA) is 48.6 Å². The molecule has 154 valence electrons. The fourth-order valence-corrected chi connectivity index (χ4v) is 3.59. The van der Waals surface area contributed by atoms with Gasteiger partial charge in [-0.1, -0.05) is 43.3 Å². The van der Waals surface area contributed by atoms with Crippen molar-refractivity contribution >= 4 is 0 Å². The predicted octanol–water partition coefficient (Wildman–Crippen LogP) is 2.97. The number of aromatic nitrogens is 2. The van der Waals surface area contributed by atoms with E-state index in [9.17, 15) is 0 Å². The van der Waals surface area contributed by atoms with Gasteiger partial charge in [0.15, 0.2) is 0 Å². The molecule has 0 amide bonds. The monoisotopic (exact) mass is 385 g/mol. The average molecular weight is 386 g/mol. The molecule has 0 saturated carbocycles. The summed E-state index contributed by atoms with van der Waals surface area (Å²) in [5.74, 6) is 1.95. The van der Waals surface area contributed by atoms with E-state index in [1.165, 1.54) is 25.1 Å². The molecule has 0 unspecified atom stereocenters. The van der Waals surface area contributed by atoms with Gasteiger partial charge in [0.2, 0.25) is 11.7 Å². The Labute approximate surface area is 169 Å². The number of piperazine rings is 1. The Morgan fingerprint density at radius 2 is 1.64 bits per heavy atom. The Morgan fingerprint density at radius 3 is 2.25 bits per heavy atom. The molecule has 6 heteroatoms. The maximum Gasteiger partial charge on any atom is 0.228 e. The Kier molecular flexibility index (Phi) is 7.59. The highest BCUT2D eigenvalue weighted by atomic mass is 16.5. The van der Waals surface area contributed by atoms with Crippen molar-refractivity contribution in [1.29, 1.82) is 0 Å². The van der Waals surface area contributed by atoms with E-state index in [2.05, 4.69) is 77.0 Å². The van der Waals surface area contributed by atoms with Gasteiger partial charge in [-0.2, -0.15) is 4.98 Å². The van der Waals surface area contributed by atoms with Gasteiger partial charge in [0.1, 0.15) is 0 Å². The lowest BCUT2D eigenvalue weighted by molar-refractivity contribution is 0.128. The Balaban J connectivity index is 1.41. The van der Waals surface area contributed by atoms with Crippen LogP contribution in [0.1, 0.15) is 37.6 Å². The van der Waals surface area contributed by atoms with Crippen LogP contribution in [-0.2, 0) is 6.42 Å². The first-order valence-corrected chi connectivity index (χ1v) is 10.5. The van der Waals surface area contributed by atoms with Crippen LogP contribution in [0.4, 0.5) is 0 Å². The van der Waals surface area contributed by atoms with Crippen LogP contribution < -0.4 is 0 Å². The lowest BCUT2D eigenvalue weighted by Crippen LogP contribution is -2.47. The average Bonchev–Trinajstić information content (AvgIpc) is 3.16. The smallest absolute Gasteiger partial charge is 0.228 e. The Hall–Kier alpha value is -1.76. The van der Waals surface area contributed by atoms with Crippen molar-refractivity contribution in [2.75, 3.05) is 59.9 Å². The van der Waals surface area contributed by atoms with Crippen LogP contribution in [0.5, 0.6) is 0 Å². The van der Waals surface area contributed by atoms with Crippen LogP contribution in [0.2, 0.25) is 0 Å². The van der Waals surface area contributed by atoms with Gasteiger partial charge < -0.3 is 19.2 Å². The molecule has 1 fully saturated rings. The van der Waals surface area contributed by atoms with Crippen molar-refractivity contribution in [1.82, 2.24) is 24.8 Å². The molecule has 3 rings (SSSR count). The van der Waals surface area contributed by atoms with E-state index in [1.54, 1.807) is 0 Å². The Bertz CT molecular complexity index is 702. The van der Waals surface area contributed by atoms with E-state index in [1.807, 2.05) is 0 Å². The van der Waals surface area contributed by atoms with E-state index in [4.69, 9.17) is 4.52 Å². The highest BCUT2D eigenvalue weighted by Gasteiger charge is 2.17. The number of benzene rings is 1. The number of rotatable bonds is 9. The third kappa shape index (κ3) is 6.12. The number of hydrogen-bond donors (Lipinski definition) is 0. The molecule has 0 atom stereocenters. The summed E-state index contributed by atoms with van der Waals surface area (Å²) in [4.78, 5) is 11.9. The van der Waals surface area contributed by atoms with Crippen LogP contribution in [0.3, 0.4) is 0 Å². The molecular formula is C22H35N5O. The fraction of sp³-hybridized carbons (Fsp3) is 0.636. The van der Waals surface area contributed by atoms with Crippen LogP contribution in [-0.4, -0.2) is 84.7 Å². The predicted molar refractivity (Wildman–Crippen MR) is 114 cm³/mol. The summed E-state index contributed by atoms with van der Waals surface area (Å²) in [6.07, 6.45) is 2.06. The van der Waals surface area contributed by atoms with E-state index in [0.717, 1.165) is 50.6 Å². The molecule has 1 aliphatic heterocycles. The fourth-order valence-electron chi connectivity index (χ4n) is 3.59. The quantitative estimate of drug-likeness (QED) is 0.661. The van der Waals surface area contributed by atoms with Gasteiger partial charge >= 0.3 is 0 Å². The summed E-state index contributed by atoms with van der Waals surface area (Å²) < 4.78 is 5.48. The van der Waals surface area contributed by atoms with Gasteiger partial charge in [-0.3, -0.25) is 0 Å². The summed E-state index contributed by atoms with van der Waals surface area (Å²) in [5.41, 5.74) is 2.35. The summed E-state index contributed by atoms with van der Waals surface area (Å²) >= 11 is 0. The molecular weight excluding hydrogens is 350 g/mol. The van der Waals surface area contributed by atoms with Gasteiger partial charge in [0, 0.05) is 44.7 Å². The molecule has 0 aliphatic carbocycles. The van der Waals surface area contributed by atoms with Crippen molar-refractivity contribution in [2.24, 2.45) is 0 Å². The van der Waals surface area contributed by atoms with Gasteiger partial charge in [-0.05, 0) is 45.1 Å². The molecule has 28 heavy (non-hydrogen) atoms. The molecule has 1 aromatic carbocycles. The molecule has 1 aromatic heterocycles. The minimum Gasteiger partial charge on any atom is -0.339 e. The maximum absolute atomic E-state index is 5.48. The largest absolute Gasteiger partial charge is 0.339 e. The SMILES string of the molecule is CC(C)c1ccc(-c2noc(CCN3CCN(CCCN(C)C)CC3)n2)cc1. The minimum absolute atomic E-state index is 0.531. The lowest BCUT2D eigenvalue weighted by Gasteiger charge is -2.34. The highest BCUT2D eigenvalue weighted by Crippen LogP contribution is 2.20. The highest BCUT2D eigenvalue weighted by molar-refractivity contribution is 5.54. The molecule has 2 aromatic rings. The first-order chi connectivity index (χ1) is 13.5. The standard InChI is InChI=1S/C22H35N5O/c1-18(2)19-6-8-20(9-7-19)22-23-21(28-24-22)10-13-27-16-14-26(15-17-27)12-5-11-25(3)4/h6-9,18H,5,10-17H2,1-4H3. The minimum atomic E-state index is 0.531. The van der Waals surface area contributed by atoms with Gasteiger partial charge in [0.05, 0.1) is 0 Å². The molecule has 0 radical (unpaired) electrons. The third-order valence-corrected chi connectivity index (χ3v) is 5.49.